The Bertz CT molecular complexity index is 287. The van der Waals surface area contributed by atoms with E-state index in [2.05, 4.69) is 45.2 Å². The smallest absolute Gasteiger partial charge is 0.00294 e. The Hall–Kier alpha value is -1.30. The van der Waals surface area contributed by atoms with Gasteiger partial charge in [0, 0.05) is 0 Å². The topological polar surface area (TPSA) is 0 Å². The Morgan fingerprint density at radius 3 is 1.82 bits per heavy atom. The van der Waals surface area contributed by atoms with Gasteiger partial charge in [0.1, 0.15) is 0 Å². The van der Waals surface area contributed by atoms with E-state index >= 15 is 0 Å². The molecular formula is C22H42. The highest BCUT2D eigenvalue weighted by atomic mass is 14.0. The second kappa shape index (κ2) is 31.9. The molecule has 0 rings (SSSR count). The highest BCUT2D eigenvalue weighted by Gasteiger charge is 1.94. The molecule has 0 saturated heterocycles. The fourth-order valence-electron chi connectivity index (χ4n) is 1.40. The lowest BCUT2D eigenvalue weighted by Crippen LogP contribution is -1.82. The molecule has 0 unspecified atom stereocenters. The average molecular weight is 307 g/mol. The van der Waals surface area contributed by atoms with E-state index < -0.39 is 0 Å². The molecule has 0 fully saturated rings. The first-order valence-corrected chi connectivity index (χ1v) is 9.04. The normalized spacial score (nSPS) is 10.4. The van der Waals surface area contributed by atoms with E-state index in [4.69, 9.17) is 0 Å². The molecule has 0 N–H and O–H groups in total. The number of unbranched alkanes of at least 4 members (excludes halogenated alkanes) is 2. The summed E-state index contributed by atoms with van der Waals surface area (Å²) in [5.41, 5.74) is 2.55. The van der Waals surface area contributed by atoms with Crippen molar-refractivity contribution in [1.82, 2.24) is 0 Å². The summed E-state index contributed by atoms with van der Waals surface area (Å²) in [6.45, 7) is 23.8. The van der Waals surface area contributed by atoms with Crippen molar-refractivity contribution in [2.75, 3.05) is 0 Å². The van der Waals surface area contributed by atoms with Crippen LogP contribution in [0.15, 0.2) is 60.8 Å². The minimum Gasteiger partial charge on any atom is -0.0991 e. The molecule has 0 aliphatic heterocycles. The van der Waals surface area contributed by atoms with Gasteiger partial charge in [0.15, 0.2) is 0 Å². The van der Waals surface area contributed by atoms with Crippen molar-refractivity contribution in [2.45, 2.75) is 81.1 Å². The maximum Gasteiger partial charge on any atom is -0.00294 e. The van der Waals surface area contributed by atoms with E-state index in [-0.39, 0.29) is 0 Å². The zero-order valence-electron chi connectivity index (χ0n) is 16.7. The monoisotopic (exact) mass is 306 g/mol. The van der Waals surface area contributed by atoms with Crippen LogP contribution in [0.1, 0.15) is 81.1 Å². The Kier molecular flexibility index (Phi) is 41.7. The van der Waals surface area contributed by atoms with Gasteiger partial charge in [0.25, 0.3) is 0 Å². The number of hydrogen-bond acceptors (Lipinski definition) is 0. The van der Waals surface area contributed by atoms with Gasteiger partial charge in [-0.25, -0.2) is 0 Å². The quantitative estimate of drug-likeness (QED) is 0.311. The Morgan fingerprint density at radius 1 is 0.909 bits per heavy atom. The summed E-state index contributed by atoms with van der Waals surface area (Å²) in [7, 11) is 0. The first-order valence-electron chi connectivity index (χ1n) is 9.04. The van der Waals surface area contributed by atoms with E-state index in [0.717, 1.165) is 6.42 Å². The molecule has 0 aromatic heterocycles. The molecule has 22 heavy (non-hydrogen) atoms. The minimum absolute atomic E-state index is 0.939. The second-order valence-corrected chi connectivity index (χ2v) is 3.77. The molecule has 0 nitrogen and oxygen atoms in total. The van der Waals surface area contributed by atoms with Crippen LogP contribution >= 0.6 is 0 Å². The van der Waals surface area contributed by atoms with Crippen molar-refractivity contribution >= 4 is 0 Å². The predicted molar refractivity (Wildman–Crippen MR) is 110 cm³/mol. The summed E-state index contributed by atoms with van der Waals surface area (Å²) in [5, 5.41) is 0. The molecule has 0 heteroatoms. The molecule has 0 saturated carbocycles. The van der Waals surface area contributed by atoms with E-state index in [1.54, 1.807) is 0 Å². The van der Waals surface area contributed by atoms with Crippen molar-refractivity contribution in [3.05, 3.63) is 60.8 Å². The van der Waals surface area contributed by atoms with Gasteiger partial charge in [0.2, 0.25) is 0 Å². The minimum atomic E-state index is 0.939. The van der Waals surface area contributed by atoms with Gasteiger partial charge in [-0.15, -0.1) is 0 Å². The van der Waals surface area contributed by atoms with Crippen LogP contribution in [0.4, 0.5) is 0 Å². The molecule has 0 aromatic carbocycles. The molecule has 0 spiro atoms. The molecule has 130 valence electrons. The third-order valence-corrected chi connectivity index (χ3v) is 2.43. The van der Waals surface area contributed by atoms with Gasteiger partial charge >= 0.3 is 0 Å². The molecule has 0 amide bonds. The third-order valence-electron chi connectivity index (χ3n) is 2.43. The summed E-state index contributed by atoms with van der Waals surface area (Å²) >= 11 is 0. The fraction of sp³-hybridized carbons (Fsp3) is 0.545. The summed E-state index contributed by atoms with van der Waals surface area (Å²) < 4.78 is 0. The lowest BCUT2D eigenvalue weighted by molar-refractivity contribution is 0.814. The van der Waals surface area contributed by atoms with Crippen molar-refractivity contribution in [2.24, 2.45) is 0 Å². The van der Waals surface area contributed by atoms with E-state index in [1.807, 2.05) is 59.8 Å². The van der Waals surface area contributed by atoms with E-state index in [9.17, 15) is 0 Å². The SMILES string of the molecule is C=C/C=C(\C=C)CC(/C=C\CCCC)=C/C.CC.CC.CC. The number of hydrogen-bond donors (Lipinski definition) is 0. The van der Waals surface area contributed by atoms with Crippen LogP contribution in [0.2, 0.25) is 0 Å². The van der Waals surface area contributed by atoms with E-state index in [0.29, 0.717) is 0 Å². The third kappa shape index (κ3) is 23.8. The second-order valence-electron chi connectivity index (χ2n) is 3.77. The van der Waals surface area contributed by atoms with Gasteiger partial charge in [-0.1, -0.05) is 111 Å². The average Bonchev–Trinajstić information content (AvgIpc) is 2.62. The Balaban J connectivity index is -0.000000238. The molecule has 0 radical (unpaired) electrons. The van der Waals surface area contributed by atoms with Crippen molar-refractivity contribution in [3.63, 3.8) is 0 Å². The fourth-order valence-corrected chi connectivity index (χ4v) is 1.40. The van der Waals surface area contributed by atoms with E-state index in [1.165, 1.54) is 30.4 Å². The molecular weight excluding hydrogens is 264 g/mol. The van der Waals surface area contributed by atoms with Gasteiger partial charge in [-0.2, -0.15) is 0 Å². The summed E-state index contributed by atoms with van der Waals surface area (Å²) in [4.78, 5) is 0. The first-order chi connectivity index (χ1) is 10.8. The van der Waals surface area contributed by atoms with Gasteiger partial charge in [-0.3, -0.25) is 0 Å². The Labute approximate surface area is 142 Å². The van der Waals surface area contributed by atoms with Crippen LogP contribution < -0.4 is 0 Å². The molecule has 0 aliphatic rings. The maximum absolute atomic E-state index is 3.81. The van der Waals surface area contributed by atoms with Crippen LogP contribution in [0, 0.1) is 0 Å². The first kappa shape index (κ1) is 28.8. The van der Waals surface area contributed by atoms with Gasteiger partial charge in [0.05, 0.1) is 0 Å². The van der Waals surface area contributed by atoms with Gasteiger partial charge < -0.3 is 0 Å². The maximum atomic E-state index is 3.81. The van der Waals surface area contributed by atoms with Crippen molar-refractivity contribution < 1.29 is 0 Å². The zero-order chi connectivity index (χ0) is 18.2. The molecule has 0 aromatic rings. The lowest BCUT2D eigenvalue weighted by atomic mass is 10.0. The van der Waals surface area contributed by atoms with Crippen LogP contribution in [0.5, 0.6) is 0 Å². The van der Waals surface area contributed by atoms with Crippen LogP contribution in [0.3, 0.4) is 0 Å². The summed E-state index contributed by atoms with van der Waals surface area (Å²) in [6, 6.07) is 0. The van der Waals surface area contributed by atoms with Crippen molar-refractivity contribution in [1.29, 1.82) is 0 Å². The van der Waals surface area contributed by atoms with Gasteiger partial charge in [-0.05, 0) is 30.9 Å². The number of allylic oxidation sites excluding steroid dienone is 8. The van der Waals surface area contributed by atoms with Crippen molar-refractivity contribution in [3.8, 4) is 0 Å². The number of rotatable bonds is 8. The van der Waals surface area contributed by atoms with Crippen LogP contribution in [-0.2, 0) is 0 Å². The largest absolute Gasteiger partial charge is 0.0991 e. The van der Waals surface area contributed by atoms with Crippen LogP contribution in [-0.4, -0.2) is 0 Å². The zero-order valence-corrected chi connectivity index (χ0v) is 16.7. The lowest BCUT2D eigenvalue weighted by Gasteiger charge is -2.02. The Morgan fingerprint density at radius 2 is 1.45 bits per heavy atom. The molecule has 0 atom stereocenters. The molecule has 0 heterocycles. The molecule has 0 bridgehead atoms. The standard InChI is InChI=1S/C16H24.3C2H6/c1-5-9-10-11-13-16(8-4)14-15(7-3)12-6-2;3*1-2/h6-8,11-13H,2-3,5,9-10,14H2,1,4H3;3*1-2H3/b13-11-,15-12+,16-8+;;;. The predicted octanol–water partition coefficient (Wildman–Crippen LogP) is 8.45. The highest BCUT2D eigenvalue weighted by molar-refractivity contribution is 5.31. The van der Waals surface area contributed by atoms with Crippen LogP contribution in [0.25, 0.3) is 0 Å². The highest BCUT2D eigenvalue weighted by Crippen LogP contribution is 2.14. The molecule has 0 aliphatic carbocycles. The summed E-state index contributed by atoms with van der Waals surface area (Å²) in [5.74, 6) is 0. The summed E-state index contributed by atoms with van der Waals surface area (Å²) in [6.07, 6.45) is 17.0.